The Morgan fingerprint density at radius 2 is 1.58 bits per heavy atom. The molecule has 2 aromatic carbocycles. The Kier molecular flexibility index (Phi) is 5.39. The normalized spacial score (nSPS) is 11.8. The maximum absolute atomic E-state index is 12.5. The van der Waals surface area contributed by atoms with Crippen LogP contribution in [-0.2, 0) is 11.2 Å². The number of benzene rings is 2. The van der Waals surface area contributed by atoms with Crippen molar-refractivity contribution in [1.29, 1.82) is 0 Å². The molecule has 2 rings (SSSR count). The molecule has 0 aliphatic heterocycles. The zero-order chi connectivity index (χ0) is 17.9. The molecule has 0 heterocycles. The fourth-order valence-corrected chi connectivity index (χ4v) is 2.90. The molecule has 1 amide bonds. The SMILES string of the molecule is Cc1cc(C)c(C(=O)Nc2ccc(CC(C)C(=O)O)cc2)c(C)c1. The van der Waals surface area contributed by atoms with E-state index in [2.05, 4.69) is 5.32 Å². The van der Waals surface area contributed by atoms with Gasteiger partial charge in [-0.25, -0.2) is 0 Å². The quantitative estimate of drug-likeness (QED) is 0.868. The minimum absolute atomic E-state index is 0.128. The van der Waals surface area contributed by atoms with Gasteiger partial charge in [-0.1, -0.05) is 36.8 Å². The van der Waals surface area contributed by atoms with Crippen LogP contribution < -0.4 is 5.32 Å². The number of carbonyl (C=O) groups excluding carboxylic acids is 1. The van der Waals surface area contributed by atoms with Gasteiger partial charge in [0.2, 0.25) is 0 Å². The van der Waals surface area contributed by atoms with E-state index >= 15 is 0 Å². The van der Waals surface area contributed by atoms with Gasteiger partial charge in [-0.2, -0.15) is 0 Å². The molecule has 1 atom stereocenters. The zero-order valence-corrected chi connectivity index (χ0v) is 14.5. The summed E-state index contributed by atoms with van der Waals surface area (Å²) < 4.78 is 0. The predicted octanol–water partition coefficient (Wildman–Crippen LogP) is 4.13. The average Bonchev–Trinajstić information content (AvgIpc) is 2.48. The summed E-state index contributed by atoms with van der Waals surface area (Å²) in [5.74, 6) is -1.36. The van der Waals surface area contributed by atoms with Crippen LogP contribution in [0.5, 0.6) is 0 Å². The molecule has 2 aromatic rings. The smallest absolute Gasteiger partial charge is 0.306 e. The highest BCUT2D eigenvalue weighted by Gasteiger charge is 2.14. The minimum Gasteiger partial charge on any atom is -0.481 e. The lowest BCUT2D eigenvalue weighted by molar-refractivity contribution is -0.141. The lowest BCUT2D eigenvalue weighted by Gasteiger charge is -2.12. The number of hydrogen-bond acceptors (Lipinski definition) is 2. The van der Waals surface area contributed by atoms with Gasteiger partial charge in [0.25, 0.3) is 5.91 Å². The van der Waals surface area contributed by atoms with E-state index in [0.29, 0.717) is 17.7 Å². The predicted molar refractivity (Wildman–Crippen MR) is 95.6 cm³/mol. The van der Waals surface area contributed by atoms with Crippen LogP contribution in [0.2, 0.25) is 0 Å². The Morgan fingerprint density at radius 1 is 1.04 bits per heavy atom. The van der Waals surface area contributed by atoms with Crippen molar-refractivity contribution in [2.75, 3.05) is 5.32 Å². The van der Waals surface area contributed by atoms with E-state index in [9.17, 15) is 9.59 Å². The van der Waals surface area contributed by atoms with E-state index in [1.54, 1.807) is 19.1 Å². The van der Waals surface area contributed by atoms with Crippen molar-refractivity contribution < 1.29 is 14.7 Å². The van der Waals surface area contributed by atoms with Crippen LogP contribution in [0.25, 0.3) is 0 Å². The van der Waals surface area contributed by atoms with Crippen LogP contribution in [0.3, 0.4) is 0 Å². The van der Waals surface area contributed by atoms with E-state index in [4.69, 9.17) is 5.11 Å². The lowest BCUT2D eigenvalue weighted by atomic mass is 9.99. The third-order valence-corrected chi connectivity index (χ3v) is 4.08. The summed E-state index contributed by atoms with van der Waals surface area (Å²) in [6, 6.07) is 11.3. The molecule has 126 valence electrons. The summed E-state index contributed by atoms with van der Waals surface area (Å²) in [6.45, 7) is 7.57. The molecule has 0 aromatic heterocycles. The van der Waals surface area contributed by atoms with Crippen molar-refractivity contribution in [3.8, 4) is 0 Å². The number of nitrogens with one attached hydrogen (secondary N) is 1. The molecule has 0 radical (unpaired) electrons. The topological polar surface area (TPSA) is 66.4 Å². The van der Waals surface area contributed by atoms with E-state index < -0.39 is 11.9 Å². The second-order valence-corrected chi connectivity index (χ2v) is 6.37. The molecule has 0 fully saturated rings. The molecule has 24 heavy (non-hydrogen) atoms. The monoisotopic (exact) mass is 325 g/mol. The molecule has 0 aliphatic rings. The molecule has 2 N–H and O–H groups in total. The summed E-state index contributed by atoms with van der Waals surface area (Å²) >= 11 is 0. The van der Waals surface area contributed by atoms with Gasteiger partial charge in [-0.15, -0.1) is 0 Å². The fourth-order valence-electron chi connectivity index (χ4n) is 2.90. The number of carboxylic acid groups (broad SMARTS) is 1. The minimum atomic E-state index is -0.808. The van der Waals surface area contributed by atoms with Gasteiger partial charge in [0.1, 0.15) is 0 Å². The van der Waals surface area contributed by atoms with Gasteiger partial charge < -0.3 is 10.4 Å². The summed E-state index contributed by atoms with van der Waals surface area (Å²) in [6.07, 6.45) is 0.472. The first-order valence-electron chi connectivity index (χ1n) is 7.99. The van der Waals surface area contributed by atoms with Crippen molar-refractivity contribution in [2.24, 2.45) is 5.92 Å². The van der Waals surface area contributed by atoms with Gasteiger partial charge in [0.15, 0.2) is 0 Å². The van der Waals surface area contributed by atoms with Crippen LogP contribution in [-0.4, -0.2) is 17.0 Å². The van der Waals surface area contributed by atoms with Crippen LogP contribution in [0.15, 0.2) is 36.4 Å². The van der Waals surface area contributed by atoms with Crippen molar-refractivity contribution >= 4 is 17.6 Å². The van der Waals surface area contributed by atoms with Crippen LogP contribution in [0, 0.1) is 26.7 Å². The third-order valence-electron chi connectivity index (χ3n) is 4.08. The molecule has 0 saturated heterocycles. The maximum atomic E-state index is 12.5. The number of amides is 1. The van der Waals surface area contributed by atoms with Crippen LogP contribution >= 0.6 is 0 Å². The van der Waals surface area contributed by atoms with Gasteiger partial charge in [0.05, 0.1) is 5.92 Å². The highest BCUT2D eigenvalue weighted by molar-refractivity contribution is 6.06. The zero-order valence-electron chi connectivity index (χ0n) is 14.5. The van der Waals surface area contributed by atoms with Gasteiger partial charge >= 0.3 is 5.97 Å². The Balaban J connectivity index is 2.11. The molecule has 4 heteroatoms. The fraction of sp³-hybridized carbons (Fsp3) is 0.300. The summed E-state index contributed by atoms with van der Waals surface area (Å²) in [4.78, 5) is 23.4. The molecule has 4 nitrogen and oxygen atoms in total. The van der Waals surface area contributed by atoms with Crippen molar-refractivity contribution in [3.05, 3.63) is 64.2 Å². The summed E-state index contributed by atoms with van der Waals surface area (Å²) in [7, 11) is 0. The number of aryl methyl sites for hydroxylation is 3. The lowest BCUT2D eigenvalue weighted by Crippen LogP contribution is -2.15. The van der Waals surface area contributed by atoms with Gasteiger partial charge in [0, 0.05) is 11.3 Å². The van der Waals surface area contributed by atoms with Crippen molar-refractivity contribution in [3.63, 3.8) is 0 Å². The highest BCUT2D eigenvalue weighted by atomic mass is 16.4. The number of carboxylic acids is 1. The first kappa shape index (κ1) is 17.7. The average molecular weight is 325 g/mol. The Labute approximate surface area is 142 Å². The molecule has 0 spiro atoms. The van der Waals surface area contributed by atoms with Crippen LogP contribution in [0.1, 0.15) is 39.5 Å². The van der Waals surface area contributed by atoms with E-state index in [1.807, 2.05) is 45.0 Å². The van der Waals surface area contributed by atoms with Crippen LogP contribution in [0.4, 0.5) is 5.69 Å². The number of rotatable bonds is 5. The highest BCUT2D eigenvalue weighted by Crippen LogP contribution is 2.19. The van der Waals surface area contributed by atoms with E-state index in [1.165, 1.54) is 0 Å². The second kappa shape index (κ2) is 7.30. The summed E-state index contributed by atoms with van der Waals surface area (Å²) in [5, 5.41) is 11.9. The Morgan fingerprint density at radius 3 is 2.08 bits per heavy atom. The van der Waals surface area contributed by atoms with Gasteiger partial charge in [-0.05, 0) is 56.0 Å². The molecular weight excluding hydrogens is 302 g/mol. The Hall–Kier alpha value is -2.62. The molecular formula is C20H23NO3. The summed E-state index contributed by atoms with van der Waals surface area (Å²) in [5.41, 5.74) is 5.38. The Bertz CT molecular complexity index is 740. The molecule has 0 saturated carbocycles. The number of hydrogen-bond donors (Lipinski definition) is 2. The molecule has 1 unspecified atom stereocenters. The first-order chi connectivity index (χ1) is 11.3. The molecule has 0 bridgehead atoms. The standard InChI is InChI=1S/C20H23NO3/c1-12-9-13(2)18(14(3)10-12)19(22)21-17-7-5-16(6-8-17)11-15(4)20(23)24/h5-10,15H,11H2,1-4H3,(H,21,22)(H,23,24). The van der Waals surface area contributed by atoms with Crippen molar-refractivity contribution in [2.45, 2.75) is 34.1 Å². The van der Waals surface area contributed by atoms with Gasteiger partial charge in [-0.3, -0.25) is 9.59 Å². The molecule has 0 aliphatic carbocycles. The second-order valence-electron chi connectivity index (χ2n) is 6.37. The third kappa shape index (κ3) is 4.22. The number of anilines is 1. The number of carbonyl (C=O) groups is 2. The first-order valence-corrected chi connectivity index (χ1v) is 7.99. The number of aliphatic carboxylic acids is 1. The van der Waals surface area contributed by atoms with Crippen molar-refractivity contribution in [1.82, 2.24) is 0 Å². The largest absolute Gasteiger partial charge is 0.481 e. The van der Waals surface area contributed by atoms with E-state index in [0.717, 1.165) is 22.3 Å². The van der Waals surface area contributed by atoms with E-state index in [-0.39, 0.29) is 5.91 Å². The maximum Gasteiger partial charge on any atom is 0.306 e.